The van der Waals surface area contributed by atoms with Gasteiger partial charge in [0, 0.05) is 17.1 Å². The molecule has 106 valence electrons. The molecule has 1 fully saturated rings. The van der Waals surface area contributed by atoms with Gasteiger partial charge in [0.2, 0.25) is 0 Å². The molecule has 0 heterocycles. The Hall–Kier alpha value is -0.540. The van der Waals surface area contributed by atoms with Gasteiger partial charge in [-0.05, 0) is 48.4 Å². The van der Waals surface area contributed by atoms with Crippen LogP contribution in [0.15, 0.2) is 22.7 Å². The van der Waals surface area contributed by atoms with Crippen molar-refractivity contribution >= 4 is 15.9 Å². The van der Waals surface area contributed by atoms with Crippen molar-refractivity contribution in [3.8, 4) is 5.75 Å². The highest BCUT2D eigenvalue weighted by atomic mass is 79.9. The summed E-state index contributed by atoms with van der Waals surface area (Å²) in [6, 6.07) is 6.83. The fraction of sp³-hybridized carbons (Fsp3) is 0.625. The first-order chi connectivity index (χ1) is 9.04. The van der Waals surface area contributed by atoms with E-state index in [1.54, 1.807) is 7.11 Å². The summed E-state index contributed by atoms with van der Waals surface area (Å²) >= 11 is 3.67. The monoisotopic (exact) mass is 325 g/mol. The minimum absolute atomic E-state index is 0.444. The number of halogens is 1. The lowest BCUT2D eigenvalue weighted by molar-refractivity contribution is 0.126. The van der Waals surface area contributed by atoms with Crippen molar-refractivity contribution in [2.24, 2.45) is 5.41 Å². The van der Waals surface area contributed by atoms with Gasteiger partial charge in [-0.3, -0.25) is 0 Å². The number of hydrogen-bond acceptors (Lipinski definition) is 2. The minimum atomic E-state index is 0.444. The molecule has 1 aromatic carbocycles. The van der Waals surface area contributed by atoms with E-state index in [1.165, 1.54) is 29.3 Å². The van der Waals surface area contributed by atoms with E-state index in [9.17, 15) is 0 Å². The molecule has 1 aliphatic carbocycles. The second kappa shape index (κ2) is 6.27. The molecule has 0 spiro atoms. The van der Waals surface area contributed by atoms with Crippen molar-refractivity contribution in [2.45, 2.75) is 45.6 Å². The highest BCUT2D eigenvalue weighted by Crippen LogP contribution is 2.44. The molecule has 1 aromatic rings. The number of rotatable bonds is 6. The van der Waals surface area contributed by atoms with Gasteiger partial charge < -0.3 is 10.1 Å². The van der Waals surface area contributed by atoms with Crippen LogP contribution in [0.4, 0.5) is 0 Å². The van der Waals surface area contributed by atoms with Crippen molar-refractivity contribution in [2.75, 3.05) is 13.7 Å². The van der Waals surface area contributed by atoms with Gasteiger partial charge in [-0.25, -0.2) is 0 Å². The summed E-state index contributed by atoms with van der Waals surface area (Å²) < 4.78 is 6.54. The quantitative estimate of drug-likeness (QED) is 0.847. The first-order valence-electron chi connectivity index (χ1n) is 7.10. The zero-order valence-electron chi connectivity index (χ0n) is 12.1. The summed E-state index contributed by atoms with van der Waals surface area (Å²) in [5, 5.41) is 3.61. The maximum atomic E-state index is 5.34. The zero-order chi connectivity index (χ0) is 13.9. The van der Waals surface area contributed by atoms with E-state index in [2.05, 4.69) is 47.2 Å². The van der Waals surface area contributed by atoms with Gasteiger partial charge >= 0.3 is 0 Å². The Morgan fingerprint density at radius 1 is 1.37 bits per heavy atom. The van der Waals surface area contributed by atoms with E-state index in [4.69, 9.17) is 4.74 Å². The Morgan fingerprint density at radius 3 is 2.63 bits per heavy atom. The molecule has 0 saturated heterocycles. The average molecular weight is 326 g/mol. The van der Waals surface area contributed by atoms with E-state index in [0.29, 0.717) is 11.5 Å². The van der Waals surface area contributed by atoms with Crippen LogP contribution in [0, 0.1) is 5.41 Å². The van der Waals surface area contributed by atoms with Crippen LogP contribution in [0.1, 0.15) is 38.7 Å². The summed E-state index contributed by atoms with van der Waals surface area (Å²) in [7, 11) is 1.73. The highest BCUT2D eigenvalue weighted by molar-refractivity contribution is 9.10. The van der Waals surface area contributed by atoms with Crippen molar-refractivity contribution < 1.29 is 4.74 Å². The van der Waals surface area contributed by atoms with Crippen LogP contribution in [0.3, 0.4) is 0 Å². The summed E-state index contributed by atoms with van der Waals surface area (Å²) in [6.45, 7) is 5.55. The van der Waals surface area contributed by atoms with Crippen LogP contribution >= 0.6 is 15.9 Å². The molecule has 0 aromatic heterocycles. The summed E-state index contributed by atoms with van der Waals surface area (Å²) in [6.07, 6.45) is 5.15. The Balaban J connectivity index is 2.09. The highest BCUT2D eigenvalue weighted by Gasteiger charge is 2.37. The summed E-state index contributed by atoms with van der Waals surface area (Å²) in [5.41, 5.74) is 1.81. The molecule has 0 radical (unpaired) electrons. The normalized spacial score (nSPS) is 17.3. The zero-order valence-corrected chi connectivity index (χ0v) is 13.7. The van der Waals surface area contributed by atoms with Crippen molar-refractivity contribution in [1.82, 2.24) is 5.32 Å². The van der Waals surface area contributed by atoms with Gasteiger partial charge in [0.15, 0.2) is 0 Å². The second-order valence-electron chi connectivity index (χ2n) is 6.02. The molecule has 2 rings (SSSR count). The summed E-state index contributed by atoms with van der Waals surface area (Å²) in [5.74, 6) is 0.949. The second-order valence-corrected chi connectivity index (χ2v) is 6.88. The van der Waals surface area contributed by atoms with Gasteiger partial charge in [0.1, 0.15) is 5.75 Å². The number of methoxy groups -OCH3 is 1. The van der Waals surface area contributed by atoms with Crippen molar-refractivity contribution in [1.29, 1.82) is 0 Å². The molecule has 1 saturated carbocycles. The maximum Gasteiger partial charge on any atom is 0.119 e. The average Bonchev–Trinajstić information content (AvgIpc) is 2.34. The molecule has 0 atom stereocenters. The Bertz CT molecular complexity index is 427. The number of benzene rings is 1. The predicted octanol–water partition coefficient (Wildman–Crippen LogP) is 4.17. The molecular formula is C16H24BrNO. The van der Waals surface area contributed by atoms with E-state index in [-0.39, 0.29) is 0 Å². The maximum absolute atomic E-state index is 5.34. The molecule has 3 heteroatoms. The smallest absolute Gasteiger partial charge is 0.119 e. The van der Waals surface area contributed by atoms with Gasteiger partial charge in [0.25, 0.3) is 0 Å². The van der Waals surface area contributed by atoms with E-state index < -0.39 is 0 Å². The lowest BCUT2D eigenvalue weighted by atomic mass is 9.65. The Labute approximate surface area is 125 Å². The van der Waals surface area contributed by atoms with Crippen LogP contribution in [-0.2, 0) is 6.42 Å². The predicted molar refractivity (Wildman–Crippen MR) is 83.8 cm³/mol. The third-order valence-electron chi connectivity index (χ3n) is 4.12. The van der Waals surface area contributed by atoms with Crippen molar-refractivity contribution in [3.05, 3.63) is 28.2 Å². The molecule has 1 aliphatic rings. The van der Waals surface area contributed by atoms with Crippen molar-refractivity contribution in [3.63, 3.8) is 0 Å². The third-order valence-corrected chi connectivity index (χ3v) is 4.89. The fourth-order valence-electron chi connectivity index (χ4n) is 2.73. The first-order valence-corrected chi connectivity index (χ1v) is 7.90. The molecule has 2 nitrogen and oxygen atoms in total. The lowest BCUT2D eigenvalue weighted by Gasteiger charge is -2.43. The lowest BCUT2D eigenvalue weighted by Crippen LogP contribution is -2.43. The first kappa shape index (κ1) is 14.9. The number of nitrogens with one attached hydrogen (secondary N) is 1. The molecule has 0 aliphatic heterocycles. The number of hydrogen-bond donors (Lipinski definition) is 1. The molecule has 0 unspecified atom stereocenters. The van der Waals surface area contributed by atoms with Gasteiger partial charge in [-0.1, -0.05) is 36.2 Å². The SMILES string of the molecule is COc1ccc(Br)c(CC2(CNC(C)C)CCC2)c1. The summed E-state index contributed by atoms with van der Waals surface area (Å²) in [4.78, 5) is 0. The van der Waals surface area contributed by atoms with Gasteiger partial charge in [0.05, 0.1) is 7.11 Å². The Morgan fingerprint density at radius 2 is 2.11 bits per heavy atom. The molecule has 0 bridgehead atoms. The largest absolute Gasteiger partial charge is 0.497 e. The van der Waals surface area contributed by atoms with Gasteiger partial charge in [-0.15, -0.1) is 0 Å². The van der Waals surface area contributed by atoms with Crippen LogP contribution in [0.2, 0.25) is 0 Å². The number of ether oxygens (including phenoxy) is 1. The minimum Gasteiger partial charge on any atom is -0.497 e. The van der Waals surface area contributed by atoms with E-state index in [1.807, 2.05) is 6.07 Å². The van der Waals surface area contributed by atoms with E-state index >= 15 is 0 Å². The Kier molecular flexibility index (Phi) is 4.91. The van der Waals surface area contributed by atoms with Crippen LogP contribution < -0.4 is 10.1 Å². The molecule has 0 amide bonds. The molecular weight excluding hydrogens is 302 g/mol. The van der Waals surface area contributed by atoms with Crippen LogP contribution in [0.25, 0.3) is 0 Å². The van der Waals surface area contributed by atoms with Gasteiger partial charge in [-0.2, -0.15) is 0 Å². The van der Waals surface area contributed by atoms with Crippen LogP contribution in [-0.4, -0.2) is 19.7 Å². The topological polar surface area (TPSA) is 21.3 Å². The van der Waals surface area contributed by atoms with E-state index in [0.717, 1.165) is 18.7 Å². The third kappa shape index (κ3) is 3.73. The molecule has 19 heavy (non-hydrogen) atoms. The molecule has 1 N–H and O–H groups in total. The standard InChI is InChI=1S/C16H24BrNO/c1-12(2)18-11-16(7-4-8-16)10-13-9-14(19-3)5-6-15(13)17/h5-6,9,12,18H,4,7-8,10-11H2,1-3H3. The fourth-order valence-corrected chi connectivity index (χ4v) is 3.12. The van der Waals surface area contributed by atoms with Crippen LogP contribution in [0.5, 0.6) is 5.75 Å².